The Morgan fingerprint density at radius 1 is 1.42 bits per heavy atom. The third-order valence-corrected chi connectivity index (χ3v) is 4.17. The average Bonchev–Trinajstić information content (AvgIpc) is 3.22. The summed E-state index contributed by atoms with van der Waals surface area (Å²) in [6, 6.07) is 4.01. The molecule has 128 valence electrons. The summed E-state index contributed by atoms with van der Waals surface area (Å²) in [6.07, 6.45) is 3.29. The number of carbonyl (C=O) groups is 1. The van der Waals surface area contributed by atoms with Gasteiger partial charge in [0.15, 0.2) is 17.9 Å². The second-order valence-electron chi connectivity index (χ2n) is 6.34. The third kappa shape index (κ3) is 3.39. The van der Waals surface area contributed by atoms with E-state index in [9.17, 15) is 4.79 Å². The molecule has 3 heterocycles. The van der Waals surface area contributed by atoms with Crippen molar-refractivity contribution in [3.63, 3.8) is 0 Å². The second-order valence-corrected chi connectivity index (χ2v) is 6.34. The molecule has 0 amide bonds. The predicted octanol–water partition coefficient (Wildman–Crippen LogP) is 2.72. The summed E-state index contributed by atoms with van der Waals surface area (Å²) in [6.45, 7) is 7.00. The summed E-state index contributed by atoms with van der Waals surface area (Å²) in [4.78, 5) is 18.4. The number of nitrogens with zero attached hydrogens (tertiary/aromatic N) is 4. The van der Waals surface area contributed by atoms with Crippen molar-refractivity contribution in [3.8, 4) is 0 Å². The number of anilines is 1. The lowest BCUT2D eigenvalue weighted by Crippen LogP contribution is -2.34. The van der Waals surface area contributed by atoms with E-state index in [0.717, 1.165) is 30.9 Å². The fourth-order valence-electron chi connectivity index (χ4n) is 2.91. The maximum atomic E-state index is 12.3. The van der Waals surface area contributed by atoms with Crippen LogP contribution in [0.3, 0.4) is 0 Å². The average molecular weight is 330 g/mol. The Kier molecular flexibility index (Phi) is 4.78. The number of rotatable bonds is 5. The molecule has 3 rings (SSSR count). The van der Waals surface area contributed by atoms with E-state index in [1.165, 1.54) is 6.39 Å². The Labute approximate surface area is 141 Å². The molecule has 0 unspecified atom stereocenters. The molecule has 0 bridgehead atoms. The first-order valence-corrected chi connectivity index (χ1v) is 8.23. The van der Waals surface area contributed by atoms with E-state index in [4.69, 9.17) is 9.15 Å². The van der Waals surface area contributed by atoms with Gasteiger partial charge in [-0.1, -0.05) is 13.8 Å². The van der Waals surface area contributed by atoms with Crippen LogP contribution in [0.15, 0.2) is 22.9 Å². The van der Waals surface area contributed by atoms with E-state index in [1.54, 1.807) is 0 Å². The molecule has 1 saturated heterocycles. The predicted molar refractivity (Wildman–Crippen MR) is 88.0 cm³/mol. The molecule has 2 aromatic rings. The van der Waals surface area contributed by atoms with Crippen molar-refractivity contribution in [2.45, 2.75) is 45.6 Å². The van der Waals surface area contributed by atoms with Crippen LogP contribution in [0.4, 0.5) is 5.82 Å². The molecule has 0 aromatic carbocycles. The zero-order chi connectivity index (χ0) is 17.1. The topological polar surface area (TPSA) is 81.4 Å². The van der Waals surface area contributed by atoms with Gasteiger partial charge in [0.25, 0.3) is 0 Å². The van der Waals surface area contributed by atoms with Crippen LogP contribution >= 0.6 is 0 Å². The van der Waals surface area contributed by atoms with E-state index >= 15 is 0 Å². The molecule has 1 atom stereocenters. The van der Waals surface area contributed by atoms with Crippen molar-refractivity contribution in [2.75, 3.05) is 18.1 Å². The van der Waals surface area contributed by atoms with Gasteiger partial charge in [0.2, 0.25) is 0 Å². The molecule has 7 nitrogen and oxygen atoms in total. The molecule has 1 fully saturated rings. The molecule has 0 saturated carbocycles. The summed E-state index contributed by atoms with van der Waals surface area (Å²) in [5.41, 5.74) is 1.15. The molecule has 7 heteroatoms. The van der Waals surface area contributed by atoms with Gasteiger partial charge in [0.05, 0.1) is 11.7 Å². The summed E-state index contributed by atoms with van der Waals surface area (Å²) in [5.74, 6) is 1.03. The van der Waals surface area contributed by atoms with Crippen LogP contribution in [0, 0.1) is 6.92 Å². The first-order chi connectivity index (χ1) is 11.6. The van der Waals surface area contributed by atoms with E-state index in [0.29, 0.717) is 12.4 Å². The standard InChI is InChI=1S/C17H22N4O3/c1-11(2)16-15(18-10-24-16)17(22)23-9-13-5-4-8-21(13)14-7-6-12(3)19-20-14/h6-7,10-11,13H,4-5,8-9H2,1-3H3/t13-/m1/s1. The largest absolute Gasteiger partial charge is 0.459 e. The summed E-state index contributed by atoms with van der Waals surface area (Å²) in [7, 11) is 0. The van der Waals surface area contributed by atoms with Gasteiger partial charge in [0.1, 0.15) is 12.4 Å². The van der Waals surface area contributed by atoms with Crippen molar-refractivity contribution in [1.29, 1.82) is 0 Å². The van der Waals surface area contributed by atoms with Crippen LogP contribution in [0.25, 0.3) is 0 Å². The Morgan fingerprint density at radius 2 is 2.25 bits per heavy atom. The van der Waals surface area contributed by atoms with Gasteiger partial charge in [-0.25, -0.2) is 9.78 Å². The molecule has 1 aliphatic rings. The molecule has 0 aliphatic carbocycles. The molecule has 2 aromatic heterocycles. The highest BCUT2D eigenvalue weighted by Gasteiger charge is 2.28. The van der Waals surface area contributed by atoms with E-state index < -0.39 is 5.97 Å². The van der Waals surface area contributed by atoms with Crippen molar-refractivity contribution in [3.05, 3.63) is 35.7 Å². The van der Waals surface area contributed by atoms with Crippen LogP contribution < -0.4 is 4.90 Å². The maximum Gasteiger partial charge on any atom is 0.360 e. The fraction of sp³-hybridized carbons (Fsp3) is 0.529. The Morgan fingerprint density at radius 3 is 2.96 bits per heavy atom. The zero-order valence-electron chi connectivity index (χ0n) is 14.2. The van der Waals surface area contributed by atoms with Gasteiger partial charge in [0, 0.05) is 12.5 Å². The SMILES string of the molecule is Cc1ccc(N2CCC[C@@H]2COC(=O)c2ncoc2C(C)C)nn1. The molecule has 1 aliphatic heterocycles. The number of aromatic nitrogens is 3. The van der Waals surface area contributed by atoms with Crippen LogP contribution in [-0.2, 0) is 4.74 Å². The number of ether oxygens (including phenoxy) is 1. The first-order valence-electron chi connectivity index (χ1n) is 8.23. The Hall–Kier alpha value is -2.44. The number of hydrogen-bond donors (Lipinski definition) is 0. The minimum atomic E-state index is -0.436. The van der Waals surface area contributed by atoms with Gasteiger partial charge >= 0.3 is 5.97 Å². The van der Waals surface area contributed by atoms with Crippen LogP contribution in [0.1, 0.15) is 54.5 Å². The highest BCUT2D eigenvalue weighted by molar-refractivity contribution is 5.88. The van der Waals surface area contributed by atoms with E-state index in [2.05, 4.69) is 20.1 Å². The second kappa shape index (κ2) is 6.98. The smallest absolute Gasteiger partial charge is 0.360 e. The Bertz CT molecular complexity index is 696. The number of esters is 1. The lowest BCUT2D eigenvalue weighted by atomic mass is 10.1. The molecular weight excluding hydrogens is 308 g/mol. The lowest BCUT2D eigenvalue weighted by molar-refractivity contribution is 0.0473. The lowest BCUT2D eigenvalue weighted by Gasteiger charge is -2.24. The van der Waals surface area contributed by atoms with Crippen molar-refractivity contribution < 1.29 is 13.9 Å². The maximum absolute atomic E-state index is 12.3. The fourth-order valence-corrected chi connectivity index (χ4v) is 2.91. The van der Waals surface area contributed by atoms with Crippen LogP contribution in [0.5, 0.6) is 0 Å². The van der Waals surface area contributed by atoms with Crippen molar-refractivity contribution in [2.24, 2.45) is 0 Å². The van der Waals surface area contributed by atoms with Crippen molar-refractivity contribution in [1.82, 2.24) is 15.2 Å². The molecule has 0 spiro atoms. The molecule has 24 heavy (non-hydrogen) atoms. The Balaban J connectivity index is 1.64. The van der Waals surface area contributed by atoms with Crippen LogP contribution in [0.2, 0.25) is 0 Å². The van der Waals surface area contributed by atoms with Gasteiger partial charge in [-0.15, -0.1) is 5.10 Å². The van der Waals surface area contributed by atoms with Gasteiger partial charge in [-0.3, -0.25) is 0 Å². The minimum absolute atomic E-state index is 0.0841. The third-order valence-electron chi connectivity index (χ3n) is 4.17. The summed E-state index contributed by atoms with van der Waals surface area (Å²) < 4.78 is 10.8. The quantitative estimate of drug-likeness (QED) is 0.780. The van der Waals surface area contributed by atoms with Gasteiger partial charge < -0.3 is 14.1 Å². The number of aryl methyl sites for hydroxylation is 1. The zero-order valence-corrected chi connectivity index (χ0v) is 14.2. The minimum Gasteiger partial charge on any atom is -0.459 e. The number of hydrogen-bond acceptors (Lipinski definition) is 7. The van der Waals surface area contributed by atoms with Gasteiger partial charge in [-0.2, -0.15) is 5.10 Å². The van der Waals surface area contributed by atoms with E-state index in [-0.39, 0.29) is 17.7 Å². The van der Waals surface area contributed by atoms with E-state index in [1.807, 2.05) is 32.9 Å². The van der Waals surface area contributed by atoms with Crippen molar-refractivity contribution >= 4 is 11.8 Å². The molecule has 0 N–H and O–H groups in total. The highest BCUT2D eigenvalue weighted by Crippen LogP contribution is 2.24. The van der Waals surface area contributed by atoms with Crippen LogP contribution in [-0.4, -0.2) is 40.3 Å². The first kappa shape index (κ1) is 16.4. The highest BCUT2D eigenvalue weighted by atomic mass is 16.5. The molecular formula is C17H22N4O3. The summed E-state index contributed by atoms with van der Waals surface area (Å²) in [5, 5.41) is 8.34. The monoisotopic (exact) mass is 330 g/mol. The molecule has 0 radical (unpaired) electrons. The van der Waals surface area contributed by atoms with Gasteiger partial charge in [-0.05, 0) is 31.9 Å². The summed E-state index contributed by atoms with van der Waals surface area (Å²) >= 11 is 0. The normalized spacial score (nSPS) is 17.5. The number of carbonyl (C=O) groups excluding carboxylic acids is 1. The number of oxazole rings is 1.